The number of fused-ring (bicyclic) bond motifs is 3. The van der Waals surface area contributed by atoms with E-state index in [1.807, 2.05) is 60.7 Å². The van der Waals surface area contributed by atoms with Crippen LogP contribution in [0.5, 0.6) is 0 Å². The van der Waals surface area contributed by atoms with Gasteiger partial charge in [0.05, 0.1) is 0 Å². The number of aliphatic imine (C=N–C) groups is 2. The molecule has 210 valence electrons. The molecule has 1 aromatic heterocycles. The van der Waals surface area contributed by atoms with E-state index < -0.39 is 0 Å². The normalized spacial score (nSPS) is 14.6. The van der Waals surface area contributed by atoms with E-state index in [4.69, 9.17) is 14.4 Å². The summed E-state index contributed by atoms with van der Waals surface area (Å²) < 4.78 is 6.24. The fourth-order valence-corrected chi connectivity index (χ4v) is 5.76. The van der Waals surface area contributed by atoms with Gasteiger partial charge in [0.25, 0.3) is 0 Å². The van der Waals surface area contributed by atoms with Crippen LogP contribution in [-0.2, 0) is 0 Å². The van der Waals surface area contributed by atoms with Crippen molar-refractivity contribution in [2.24, 2.45) is 9.98 Å². The van der Waals surface area contributed by atoms with Crippen LogP contribution in [0.4, 0.5) is 17.1 Å². The van der Waals surface area contributed by atoms with Crippen molar-refractivity contribution in [3.8, 4) is 0 Å². The zero-order valence-electron chi connectivity index (χ0n) is 23.8. The van der Waals surface area contributed by atoms with Crippen LogP contribution < -0.4 is 10.2 Å². The highest BCUT2D eigenvalue weighted by Crippen LogP contribution is 2.38. The summed E-state index contributed by atoms with van der Waals surface area (Å²) in [6.07, 6.45) is -0.241. The molecule has 8 rings (SSSR count). The third kappa shape index (κ3) is 4.80. The minimum Gasteiger partial charge on any atom is -0.456 e. The molecule has 1 aliphatic heterocycles. The molecule has 1 unspecified atom stereocenters. The maximum Gasteiger partial charge on any atom is 0.159 e. The number of benzene rings is 6. The minimum atomic E-state index is -0.241. The van der Waals surface area contributed by atoms with Crippen LogP contribution in [0.1, 0.15) is 22.9 Å². The molecule has 0 radical (unpaired) electrons. The second kappa shape index (κ2) is 11.0. The first-order valence-electron chi connectivity index (χ1n) is 14.7. The number of furan rings is 1. The molecule has 7 aromatic rings. The molecule has 6 aromatic carbocycles. The Morgan fingerprint density at radius 1 is 0.523 bits per heavy atom. The Bertz CT molecular complexity index is 2130. The number of hydrogen-bond acceptors (Lipinski definition) is 5. The lowest BCUT2D eigenvalue weighted by Gasteiger charge is -2.26. The van der Waals surface area contributed by atoms with Crippen molar-refractivity contribution in [2.75, 3.05) is 4.90 Å². The van der Waals surface area contributed by atoms with Gasteiger partial charge < -0.3 is 14.6 Å². The predicted molar refractivity (Wildman–Crippen MR) is 180 cm³/mol. The van der Waals surface area contributed by atoms with Crippen LogP contribution in [0.25, 0.3) is 21.9 Å². The van der Waals surface area contributed by atoms with Crippen LogP contribution in [0, 0.1) is 0 Å². The minimum absolute atomic E-state index is 0.241. The van der Waals surface area contributed by atoms with Gasteiger partial charge in [-0.2, -0.15) is 0 Å². The third-order valence-corrected chi connectivity index (χ3v) is 7.92. The summed E-state index contributed by atoms with van der Waals surface area (Å²) in [5.41, 5.74) is 7.91. The van der Waals surface area contributed by atoms with Gasteiger partial charge in [-0.15, -0.1) is 0 Å². The summed E-state index contributed by atoms with van der Waals surface area (Å²) in [4.78, 5) is 12.3. The molecule has 0 fully saturated rings. The van der Waals surface area contributed by atoms with Crippen LogP contribution in [0.3, 0.4) is 0 Å². The van der Waals surface area contributed by atoms with E-state index in [2.05, 4.69) is 107 Å². The maximum atomic E-state index is 6.24. The first kappa shape index (κ1) is 25.7. The molecule has 1 N–H and O–H groups in total. The average Bonchev–Trinajstić information content (AvgIpc) is 3.48. The predicted octanol–water partition coefficient (Wildman–Crippen LogP) is 9.55. The molecule has 0 spiro atoms. The smallest absolute Gasteiger partial charge is 0.159 e. The van der Waals surface area contributed by atoms with Gasteiger partial charge in [0.2, 0.25) is 0 Å². The number of rotatable bonds is 6. The van der Waals surface area contributed by atoms with Gasteiger partial charge in [0.1, 0.15) is 23.2 Å². The highest BCUT2D eigenvalue weighted by atomic mass is 16.3. The lowest BCUT2D eigenvalue weighted by Crippen LogP contribution is -2.33. The standard InChI is InChI=1S/C39H28N4O/c1-4-12-27(13-5-1)37-40-38(28-14-6-2-7-15-28)42-39(41-37)29-20-22-31(23-21-29)43(30-16-8-3-9-17-30)32-24-25-34-33-18-10-11-19-35(33)44-36(34)26-32/h1-26,37H,(H,40,41,42). The van der Waals surface area contributed by atoms with Gasteiger partial charge in [-0.25, -0.2) is 9.98 Å². The second-order valence-electron chi connectivity index (χ2n) is 10.7. The molecular weight excluding hydrogens is 540 g/mol. The quantitative estimate of drug-likeness (QED) is 0.217. The van der Waals surface area contributed by atoms with Gasteiger partial charge in [0, 0.05) is 45.0 Å². The largest absolute Gasteiger partial charge is 0.456 e. The fourth-order valence-electron chi connectivity index (χ4n) is 5.76. The van der Waals surface area contributed by atoms with E-state index in [-0.39, 0.29) is 6.17 Å². The van der Waals surface area contributed by atoms with Crippen LogP contribution in [-0.4, -0.2) is 11.7 Å². The molecule has 1 atom stereocenters. The molecule has 0 bridgehead atoms. The van der Waals surface area contributed by atoms with Crippen molar-refractivity contribution < 1.29 is 4.42 Å². The molecular formula is C39H28N4O. The van der Waals surface area contributed by atoms with Gasteiger partial charge in [-0.05, 0) is 60.2 Å². The van der Waals surface area contributed by atoms with E-state index in [1.54, 1.807) is 0 Å². The summed E-state index contributed by atoms with van der Waals surface area (Å²) in [6.45, 7) is 0. The van der Waals surface area contributed by atoms with Crippen molar-refractivity contribution in [3.63, 3.8) is 0 Å². The Balaban J connectivity index is 1.19. The molecule has 2 heterocycles. The van der Waals surface area contributed by atoms with Gasteiger partial charge in [-0.3, -0.25) is 0 Å². The molecule has 0 aliphatic carbocycles. The summed E-state index contributed by atoms with van der Waals surface area (Å²) in [7, 11) is 0. The average molecular weight is 569 g/mol. The highest BCUT2D eigenvalue weighted by Gasteiger charge is 2.21. The number of hydrogen-bond donors (Lipinski definition) is 1. The molecule has 44 heavy (non-hydrogen) atoms. The maximum absolute atomic E-state index is 6.24. The monoisotopic (exact) mass is 568 g/mol. The first-order valence-corrected chi connectivity index (χ1v) is 14.7. The Morgan fingerprint density at radius 2 is 1.14 bits per heavy atom. The zero-order chi connectivity index (χ0) is 29.3. The van der Waals surface area contributed by atoms with Crippen molar-refractivity contribution in [3.05, 3.63) is 174 Å². The van der Waals surface area contributed by atoms with E-state index in [9.17, 15) is 0 Å². The van der Waals surface area contributed by atoms with Crippen molar-refractivity contribution in [2.45, 2.75) is 6.17 Å². The Labute approximate surface area is 255 Å². The molecule has 5 heteroatoms. The molecule has 0 saturated heterocycles. The summed E-state index contributed by atoms with van der Waals surface area (Å²) in [5, 5.41) is 5.76. The number of anilines is 3. The van der Waals surface area contributed by atoms with E-state index >= 15 is 0 Å². The lowest BCUT2D eigenvalue weighted by atomic mass is 10.1. The Morgan fingerprint density at radius 3 is 1.91 bits per heavy atom. The van der Waals surface area contributed by atoms with E-state index in [0.29, 0.717) is 5.84 Å². The number of para-hydroxylation sites is 2. The van der Waals surface area contributed by atoms with Crippen molar-refractivity contribution in [1.29, 1.82) is 0 Å². The van der Waals surface area contributed by atoms with Crippen molar-refractivity contribution >= 4 is 50.7 Å². The van der Waals surface area contributed by atoms with E-state index in [0.717, 1.165) is 61.5 Å². The molecule has 0 saturated carbocycles. The van der Waals surface area contributed by atoms with Crippen LogP contribution >= 0.6 is 0 Å². The zero-order valence-corrected chi connectivity index (χ0v) is 23.8. The summed E-state index contributed by atoms with van der Waals surface area (Å²) in [5.74, 6) is 1.50. The molecule has 1 aliphatic rings. The third-order valence-electron chi connectivity index (χ3n) is 7.92. The second-order valence-corrected chi connectivity index (χ2v) is 10.7. The van der Waals surface area contributed by atoms with E-state index in [1.165, 1.54) is 0 Å². The first-order chi connectivity index (χ1) is 21.8. The summed E-state index contributed by atoms with van der Waals surface area (Å²) in [6, 6.07) is 53.9. The molecule has 5 nitrogen and oxygen atoms in total. The van der Waals surface area contributed by atoms with Crippen molar-refractivity contribution in [1.82, 2.24) is 5.32 Å². The van der Waals surface area contributed by atoms with Gasteiger partial charge >= 0.3 is 0 Å². The van der Waals surface area contributed by atoms with Crippen LogP contribution in [0.2, 0.25) is 0 Å². The van der Waals surface area contributed by atoms with Gasteiger partial charge in [-0.1, -0.05) is 97.1 Å². The number of nitrogens with zero attached hydrogens (tertiary/aromatic N) is 3. The number of amidine groups is 2. The van der Waals surface area contributed by atoms with Gasteiger partial charge in [0.15, 0.2) is 5.84 Å². The SMILES string of the molecule is c1ccc(C2=NC(c3ccc(N(c4ccccc4)c4ccc5c(c4)oc4ccccc45)cc3)=NC(c3ccccc3)N2)cc1. The lowest BCUT2D eigenvalue weighted by molar-refractivity contribution is 0.669. The molecule has 0 amide bonds. The summed E-state index contributed by atoms with van der Waals surface area (Å²) >= 11 is 0. The fraction of sp³-hybridized carbons (Fsp3) is 0.0256. The van der Waals surface area contributed by atoms with Crippen LogP contribution in [0.15, 0.2) is 172 Å². The Hall–Kier alpha value is -5.94. The highest BCUT2D eigenvalue weighted by molar-refractivity contribution is 6.13. The number of nitrogens with one attached hydrogen (secondary N) is 1. The Kier molecular flexibility index (Phi) is 6.46. The topological polar surface area (TPSA) is 53.1 Å².